The lowest BCUT2D eigenvalue weighted by atomic mass is 10.2. The van der Waals surface area contributed by atoms with Crippen LogP contribution in [-0.2, 0) is 4.79 Å². The number of rotatable bonds is 3. The second-order valence-electron chi connectivity index (χ2n) is 3.13. The summed E-state index contributed by atoms with van der Waals surface area (Å²) in [6, 6.07) is 4.76. The maximum Gasteiger partial charge on any atom is 0.240 e. The molecule has 1 atom stereocenters. The maximum absolute atomic E-state index is 11.3. The van der Waals surface area contributed by atoms with Gasteiger partial charge in [-0.15, -0.1) is 0 Å². The SMILES string of the molecule is COc1ccc(NC(=O)[C@H](C)N)cc1Br. The average molecular weight is 273 g/mol. The smallest absolute Gasteiger partial charge is 0.240 e. The molecule has 0 unspecified atom stereocenters. The molecule has 0 aromatic heterocycles. The van der Waals surface area contributed by atoms with Crippen LogP contribution in [0.25, 0.3) is 0 Å². The van der Waals surface area contributed by atoms with E-state index in [0.29, 0.717) is 11.4 Å². The van der Waals surface area contributed by atoms with Crippen molar-refractivity contribution in [2.45, 2.75) is 13.0 Å². The predicted octanol–water partition coefficient (Wildman–Crippen LogP) is 1.74. The minimum Gasteiger partial charge on any atom is -0.496 e. The van der Waals surface area contributed by atoms with Crippen molar-refractivity contribution in [1.82, 2.24) is 0 Å². The Morgan fingerprint density at radius 3 is 2.73 bits per heavy atom. The van der Waals surface area contributed by atoms with Gasteiger partial charge in [-0.05, 0) is 41.1 Å². The summed E-state index contributed by atoms with van der Waals surface area (Å²) in [5.74, 6) is 0.501. The van der Waals surface area contributed by atoms with Gasteiger partial charge in [0.25, 0.3) is 0 Å². The normalized spacial score (nSPS) is 12.0. The van der Waals surface area contributed by atoms with Crippen LogP contribution >= 0.6 is 15.9 Å². The molecule has 0 aliphatic heterocycles. The number of nitrogens with one attached hydrogen (secondary N) is 1. The van der Waals surface area contributed by atoms with Gasteiger partial charge in [-0.2, -0.15) is 0 Å². The number of halogens is 1. The van der Waals surface area contributed by atoms with E-state index in [4.69, 9.17) is 10.5 Å². The van der Waals surface area contributed by atoms with Crippen LogP contribution in [-0.4, -0.2) is 19.1 Å². The largest absolute Gasteiger partial charge is 0.496 e. The van der Waals surface area contributed by atoms with E-state index in [0.717, 1.165) is 4.47 Å². The molecule has 1 aromatic rings. The Morgan fingerprint density at radius 2 is 2.27 bits per heavy atom. The molecule has 3 N–H and O–H groups in total. The summed E-state index contributed by atoms with van der Waals surface area (Å²) >= 11 is 3.33. The number of nitrogens with two attached hydrogens (primary N) is 1. The van der Waals surface area contributed by atoms with Crippen molar-refractivity contribution in [2.24, 2.45) is 5.73 Å². The minimum atomic E-state index is -0.522. The van der Waals surface area contributed by atoms with Gasteiger partial charge in [0.05, 0.1) is 17.6 Å². The van der Waals surface area contributed by atoms with Crippen molar-refractivity contribution in [1.29, 1.82) is 0 Å². The summed E-state index contributed by atoms with van der Waals surface area (Å²) in [4.78, 5) is 11.3. The second-order valence-corrected chi connectivity index (χ2v) is 3.98. The van der Waals surface area contributed by atoms with E-state index in [1.165, 1.54) is 0 Å². The van der Waals surface area contributed by atoms with E-state index in [-0.39, 0.29) is 5.91 Å². The number of carbonyl (C=O) groups excluding carboxylic acids is 1. The van der Waals surface area contributed by atoms with Gasteiger partial charge in [-0.3, -0.25) is 4.79 Å². The molecule has 0 bridgehead atoms. The lowest BCUT2D eigenvalue weighted by molar-refractivity contribution is -0.117. The summed E-state index contributed by atoms with van der Waals surface area (Å²) in [6.07, 6.45) is 0. The highest BCUT2D eigenvalue weighted by atomic mass is 79.9. The van der Waals surface area contributed by atoms with E-state index in [9.17, 15) is 4.79 Å². The number of amides is 1. The molecule has 1 aromatic carbocycles. The number of benzene rings is 1. The fraction of sp³-hybridized carbons (Fsp3) is 0.300. The maximum atomic E-state index is 11.3. The van der Waals surface area contributed by atoms with Crippen LogP contribution in [0.2, 0.25) is 0 Å². The van der Waals surface area contributed by atoms with E-state index in [2.05, 4.69) is 21.2 Å². The van der Waals surface area contributed by atoms with Gasteiger partial charge < -0.3 is 15.8 Å². The molecule has 0 radical (unpaired) electrons. The molecule has 82 valence electrons. The number of methoxy groups -OCH3 is 1. The topological polar surface area (TPSA) is 64.3 Å². The van der Waals surface area contributed by atoms with Crippen molar-refractivity contribution in [3.05, 3.63) is 22.7 Å². The van der Waals surface area contributed by atoms with Crippen LogP contribution < -0.4 is 15.8 Å². The first-order valence-corrected chi connectivity index (χ1v) is 5.24. The lowest BCUT2D eigenvalue weighted by Gasteiger charge is -2.09. The fourth-order valence-electron chi connectivity index (χ4n) is 1.00. The van der Waals surface area contributed by atoms with E-state index < -0.39 is 6.04 Å². The van der Waals surface area contributed by atoms with Gasteiger partial charge >= 0.3 is 0 Å². The summed E-state index contributed by atoms with van der Waals surface area (Å²) in [5.41, 5.74) is 6.11. The minimum absolute atomic E-state index is 0.216. The fourth-order valence-corrected chi connectivity index (χ4v) is 1.54. The quantitative estimate of drug-likeness (QED) is 0.881. The number of carbonyl (C=O) groups is 1. The van der Waals surface area contributed by atoms with Gasteiger partial charge in [-0.1, -0.05) is 0 Å². The molecule has 1 rings (SSSR count). The third kappa shape index (κ3) is 3.21. The molecule has 0 saturated carbocycles. The molecule has 0 fully saturated rings. The van der Waals surface area contributed by atoms with E-state index in [1.54, 1.807) is 32.2 Å². The van der Waals surface area contributed by atoms with Crippen molar-refractivity contribution >= 4 is 27.5 Å². The van der Waals surface area contributed by atoms with Crippen LogP contribution in [0.5, 0.6) is 5.75 Å². The summed E-state index contributed by atoms with van der Waals surface area (Å²) in [6.45, 7) is 1.63. The Hall–Kier alpha value is -1.07. The van der Waals surface area contributed by atoms with Crippen molar-refractivity contribution in [3.63, 3.8) is 0 Å². The van der Waals surface area contributed by atoms with Crippen molar-refractivity contribution < 1.29 is 9.53 Å². The Morgan fingerprint density at radius 1 is 1.60 bits per heavy atom. The first kappa shape index (κ1) is 12.0. The second kappa shape index (κ2) is 5.14. The number of hydrogen-bond acceptors (Lipinski definition) is 3. The van der Waals surface area contributed by atoms with E-state index in [1.807, 2.05) is 0 Å². The highest BCUT2D eigenvalue weighted by Crippen LogP contribution is 2.27. The molecule has 0 spiro atoms. The van der Waals surface area contributed by atoms with Crippen LogP contribution in [0.3, 0.4) is 0 Å². The monoisotopic (exact) mass is 272 g/mol. The number of hydrogen-bond donors (Lipinski definition) is 2. The van der Waals surface area contributed by atoms with E-state index >= 15 is 0 Å². The van der Waals surface area contributed by atoms with Gasteiger partial charge in [0.1, 0.15) is 5.75 Å². The van der Waals surface area contributed by atoms with Gasteiger partial charge in [-0.25, -0.2) is 0 Å². The summed E-state index contributed by atoms with van der Waals surface area (Å²) in [5, 5.41) is 2.68. The van der Waals surface area contributed by atoms with Crippen LogP contribution in [0.4, 0.5) is 5.69 Å². The number of ether oxygens (including phenoxy) is 1. The molecule has 4 nitrogen and oxygen atoms in total. The first-order valence-electron chi connectivity index (χ1n) is 4.44. The highest BCUT2D eigenvalue weighted by Gasteiger charge is 2.08. The molecule has 1 amide bonds. The highest BCUT2D eigenvalue weighted by molar-refractivity contribution is 9.10. The Labute approximate surface area is 96.9 Å². The van der Waals surface area contributed by atoms with Gasteiger partial charge in [0, 0.05) is 5.69 Å². The zero-order chi connectivity index (χ0) is 11.4. The molecular weight excluding hydrogens is 260 g/mol. The zero-order valence-electron chi connectivity index (χ0n) is 8.58. The molecule has 15 heavy (non-hydrogen) atoms. The Kier molecular flexibility index (Phi) is 4.11. The van der Waals surface area contributed by atoms with Gasteiger partial charge in [0.15, 0.2) is 0 Å². The Bertz CT molecular complexity index is 366. The lowest BCUT2D eigenvalue weighted by Crippen LogP contribution is -2.32. The molecule has 5 heteroatoms. The number of anilines is 1. The molecule has 0 heterocycles. The molecular formula is C10H13BrN2O2. The van der Waals surface area contributed by atoms with Crippen LogP contribution in [0.1, 0.15) is 6.92 Å². The third-order valence-electron chi connectivity index (χ3n) is 1.83. The zero-order valence-corrected chi connectivity index (χ0v) is 10.2. The molecule has 0 aliphatic carbocycles. The van der Waals surface area contributed by atoms with Crippen molar-refractivity contribution in [3.8, 4) is 5.75 Å². The van der Waals surface area contributed by atoms with Crippen LogP contribution in [0.15, 0.2) is 22.7 Å². The Balaban J connectivity index is 2.80. The van der Waals surface area contributed by atoms with Crippen molar-refractivity contribution in [2.75, 3.05) is 12.4 Å². The van der Waals surface area contributed by atoms with Gasteiger partial charge in [0.2, 0.25) is 5.91 Å². The molecule has 0 saturated heterocycles. The predicted molar refractivity (Wildman–Crippen MR) is 63.0 cm³/mol. The standard InChI is InChI=1S/C10H13BrN2O2/c1-6(12)10(14)13-7-3-4-9(15-2)8(11)5-7/h3-6H,12H2,1-2H3,(H,13,14)/t6-/m0/s1. The average Bonchev–Trinajstić information content (AvgIpc) is 2.18. The third-order valence-corrected chi connectivity index (χ3v) is 2.45. The summed E-state index contributed by atoms with van der Waals surface area (Å²) in [7, 11) is 1.58. The molecule has 0 aliphatic rings. The summed E-state index contributed by atoms with van der Waals surface area (Å²) < 4.78 is 5.85. The first-order chi connectivity index (χ1) is 7.04. The van der Waals surface area contributed by atoms with Crippen LogP contribution in [0, 0.1) is 0 Å².